The fraction of sp³-hybridized carbons (Fsp3) is 0.647. The minimum absolute atomic E-state index is 0.0161. The number of benzene rings is 1. The van der Waals surface area contributed by atoms with E-state index in [1.54, 1.807) is 7.11 Å². The summed E-state index contributed by atoms with van der Waals surface area (Å²) in [7, 11) is 1.71. The lowest BCUT2D eigenvalue weighted by molar-refractivity contribution is 0.194. The molecule has 2 nitrogen and oxygen atoms in total. The fourth-order valence-corrected chi connectivity index (χ4v) is 3.25. The van der Waals surface area contributed by atoms with Crippen LogP contribution in [0.4, 0.5) is 0 Å². The van der Waals surface area contributed by atoms with Crippen LogP contribution in [0, 0.1) is 11.8 Å². The summed E-state index contributed by atoms with van der Waals surface area (Å²) in [5.41, 5.74) is 7.88. The molecule has 0 saturated heterocycles. The van der Waals surface area contributed by atoms with Crippen LogP contribution in [0.1, 0.15) is 45.1 Å². The molecule has 1 aromatic carbocycles. The largest absolute Gasteiger partial charge is 0.497 e. The van der Waals surface area contributed by atoms with Gasteiger partial charge in [0.2, 0.25) is 0 Å². The number of hydrogen-bond acceptors (Lipinski definition) is 2. The Balaban J connectivity index is 1.98. The van der Waals surface area contributed by atoms with Gasteiger partial charge in [0.05, 0.1) is 7.11 Å². The molecular formula is C17H27NO. The van der Waals surface area contributed by atoms with E-state index in [0.717, 1.165) is 36.8 Å². The molecule has 0 aromatic heterocycles. The van der Waals surface area contributed by atoms with Crippen molar-refractivity contribution in [3.63, 3.8) is 0 Å². The zero-order chi connectivity index (χ0) is 13.9. The summed E-state index contributed by atoms with van der Waals surface area (Å²) < 4.78 is 5.28. The molecule has 0 aliphatic heterocycles. The quantitative estimate of drug-likeness (QED) is 0.895. The van der Waals surface area contributed by atoms with Crippen molar-refractivity contribution >= 4 is 0 Å². The zero-order valence-electron chi connectivity index (χ0n) is 12.5. The molecule has 0 atom stereocenters. The molecule has 2 N–H and O–H groups in total. The van der Waals surface area contributed by atoms with Crippen molar-refractivity contribution in [2.24, 2.45) is 17.6 Å². The van der Waals surface area contributed by atoms with Crippen LogP contribution in [-0.2, 0) is 6.42 Å². The Labute approximate surface area is 117 Å². The average molecular weight is 261 g/mol. The van der Waals surface area contributed by atoms with Crippen molar-refractivity contribution in [3.05, 3.63) is 29.8 Å². The molecule has 19 heavy (non-hydrogen) atoms. The average Bonchev–Trinajstić information content (AvgIpc) is 2.39. The Morgan fingerprint density at radius 1 is 1.32 bits per heavy atom. The van der Waals surface area contributed by atoms with E-state index in [-0.39, 0.29) is 5.54 Å². The first-order chi connectivity index (χ1) is 9.02. The lowest BCUT2D eigenvalue weighted by Crippen LogP contribution is -2.45. The van der Waals surface area contributed by atoms with E-state index in [9.17, 15) is 0 Å². The van der Waals surface area contributed by atoms with Crippen LogP contribution in [0.15, 0.2) is 24.3 Å². The van der Waals surface area contributed by atoms with Gasteiger partial charge in [-0.3, -0.25) is 0 Å². The maximum Gasteiger partial charge on any atom is 0.119 e. The highest BCUT2D eigenvalue weighted by atomic mass is 16.5. The van der Waals surface area contributed by atoms with Gasteiger partial charge in [0.25, 0.3) is 0 Å². The highest BCUT2D eigenvalue weighted by Crippen LogP contribution is 2.36. The van der Waals surface area contributed by atoms with Crippen LogP contribution in [0.3, 0.4) is 0 Å². The lowest BCUT2D eigenvalue weighted by atomic mass is 9.71. The van der Waals surface area contributed by atoms with Crippen LogP contribution in [0.2, 0.25) is 0 Å². The van der Waals surface area contributed by atoms with Crippen LogP contribution in [0.25, 0.3) is 0 Å². The monoisotopic (exact) mass is 261 g/mol. The first-order valence-corrected chi connectivity index (χ1v) is 7.44. The third-order valence-corrected chi connectivity index (χ3v) is 4.66. The summed E-state index contributed by atoms with van der Waals surface area (Å²) in [6, 6.07) is 8.31. The number of rotatable bonds is 4. The van der Waals surface area contributed by atoms with E-state index in [4.69, 9.17) is 10.5 Å². The Morgan fingerprint density at radius 2 is 2.00 bits per heavy atom. The van der Waals surface area contributed by atoms with Gasteiger partial charge in [-0.2, -0.15) is 0 Å². The second-order valence-electron chi connectivity index (χ2n) is 6.47. The Morgan fingerprint density at radius 3 is 2.58 bits per heavy atom. The molecule has 0 amide bonds. The normalized spacial score (nSPS) is 27.5. The molecule has 0 heterocycles. The smallest absolute Gasteiger partial charge is 0.119 e. The molecule has 1 aliphatic carbocycles. The number of hydrogen-bond donors (Lipinski definition) is 1. The van der Waals surface area contributed by atoms with Gasteiger partial charge in [-0.1, -0.05) is 26.0 Å². The molecule has 0 unspecified atom stereocenters. The van der Waals surface area contributed by atoms with E-state index < -0.39 is 0 Å². The predicted molar refractivity (Wildman–Crippen MR) is 80.4 cm³/mol. The molecule has 1 aromatic rings. The Bertz CT molecular complexity index is 405. The van der Waals surface area contributed by atoms with Crippen molar-refractivity contribution in [3.8, 4) is 5.75 Å². The molecule has 0 spiro atoms. The second kappa shape index (κ2) is 5.96. The summed E-state index contributed by atoms with van der Waals surface area (Å²) in [6.45, 7) is 4.66. The summed E-state index contributed by atoms with van der Waals surface area (Å²) in [4.78, 5) is 0. The third kappa shape index (κ3) is 3.73. The van der Waals surface area contributed by atoms with E-state index in [1.165, 1.54) is 18.4 Å². The molecular weight excluding hydrogens is 234 g/mol. The Hall–Kier alpha value is -1.02. The summed E-state index contributed by atoms with van der Waals surface area (Å²) in [5.74, 6) is 2.58. The maximum atomic E-state index is 6.60. The highest BCUT2D eigenvalue weighted by Gasteiger charge is 2.32. The van der Waals surface area contributed by atoms with Crippen molar-refractivity contribution < 1.29 is 4.74 Å². The van der Waals surface area contributed by atoms with Gasteiger partial charge in [0.1, 0.15) is 5.75 Å². The van der Waals surface area contributed by atoms with Gasteiger partial charge in [0.15, 0.2) is 0 Å². The molecule has 0 radical (unpaired) electrons. The standard InChI is InChI=1S/C17H27NO/c1-13(2)15-7-9-17(18,10-8-15)12-14-5-4-6-16(11-14)19-3/h4-6,11,13,15H,7-10,12,18H2,1-3H3. The third-order valence-electron chi connectivity index (χ3n) is 4.66. The van der Waals surface area contributed by atoms with Crippen molar-refractivity contribution in [2.75, 3.05) is 7.11 Å². The molecule has 0 bridgehead atoms. The van der Waals surface area contributed by atoms with Gasteiger partial charge in [0, 0.05) is 5.54 Å². The molecule has 1 saturated carbocycles. The van der Waals surface area contributed by atoms with E-state index >= 15 is 0 Å². The van der Waals surface area contributed by atoms with Crippen LogP contribution >= 0.6 is 0 Å². The molecule has 1 aliphatic rings. The maximum absolute atomic E-state index is 6.60. The molecule has 2 rings (SSSR count). The summed E-state index contributed by atoms with van der Waals surface area (Å²) >= 11 is 0. The van der Waals surface area contributed by atoms with Gasteiger partial charge in [-0.25, -0.2) is 0 Å². The van der Waals surface area contributed by atoms with E-state index in [1.807, 2.05) is 6.07 Å². The molecule has 2 heteroatoms. The minimum atomic E-state index is -0.0161. The Kier molecular flexibility index (Phi) is 4.51. The first kappa shape index (κ1) is 14.4. The number of nitrogens with two attached hydrogens (primary N) is 1. The molecule has 1 fully saturated rings. The number of methoxy groups -OCH3 is 1. The van der Waals surface area contributed by atoms with Crippen molar-refractivity contribution in [1.82, 2.24) is 0 Å². The zero-order valence-corrected chi connectivity index (χ0v) is 12.5. The van der Waals surface area contributed by atoms with Crippen LogP contribution < -0.4 is 10.5 Å². The van der Waals surface area contributed by atoms with Crippen molar-refractivity contribution in [1.29, 1.82) is 0 Å². The lowest BCUT2D eigenvalue weighted by Gasteiger charge is -2.38. The predicted octanol–water partition coefficient (Wildman–Crippen LogP) is 3.78. The van der Waals surface area contributed by atoms with Gasteiger partial charge in [-0.15, -0.1) is 0 Å². The van der Waals surface area contributed by atoms with Crippen molar-refractivity contribution in [2.45, 2.75) is 51.5 Å². The van der Waals surface area contributed by atoms with Crippen LogP contribution in [-0.4, -0.2) is 12.6 Å². The SMILES string of the molecule is COc1cccc(CC2(N)CCC(C(C)C)CC2)c1. The highest BCUT2D eigenvalue weighted by molar-refractivity contribution is 5.29. The fourth-order valence-electron chi connectivity index (χ4n) is 3.25. The first-order valence-electron chi connectivity index (χ1n) is 7.44. The van der Waals surface area contributed by atoms with Gasteiger partial charge in [-0.05, 0) is 61.6 Å². The topological polar surface area (TPSA) is 35.2 Å². The van der Waals surface area contributed by atoms with E-state index in [0.29, 0.717) is 0 Å². The van der Waals surface area contributed by atoms with Gasteiger partial charge >= 0.3 is 0 Å². The van der Waals surface area contributed by atoms with Crippen LogP contribution in [0.5, 0.6) is 5.75 Å². The second-order valence-corrected chi connectivity index (χ2v) is 6.47. The van der Waals surface area contributed by atoms with Gasteiger partial charge < -0.3 is 10.5 Å². The molecule has 106 valence electrons. The minimum Gasteiger partial charge on any atom is -0.497 e. The van der Waals surface area contributed by atoms with E-state index in [2.05, 4.69) is 32.0 Å². The number of ether oxygens (including phenoxy) is 1. The summed E-state index contributed by atoms with van der Waals surface area (Å²) in [6.07, 6.45) is 5.81. The summed E-state index contributed by atoms with van der Waals surface area (Å²) in [5, 5.41) is 0.